The van der Waals surface area contributed by atoms with Gasteiger partial charge in [0.2, 0.25) is 5.43 Å². The van der Waals surface area contributed by atoms with E-state index >= 15 is 4.39 Å². The Bertz CT molecular complexity index is 1080. The number of pyridine rings is 1. The van der Waals surface area contributed by atoms with Gasteiger partial charge in [0.25, 0.3) is 0 Å². The summed E-state index contributed by atoms with van der Waals surface area (Å²) >= 11 is 0. The van der Waals surface area contributed by atoms with Crippen LogP contribution in [0.1, 0.15) is 35.7 Å². The molecule has 1 aromatic carbocycles. The molecule has 0 amide bonds. The van der Waals surface area contributed by atoms with Crippen LogP contribution in [0.25, 0.3) is 10.9 Å². The summed E-state index contributed by atoms with van der Waals surface area (Å²) in [5, 5.41) is 19.3. The molecule has 3 aliphatic rings. The zero-order valence-electron chi connectivity index (χ0n) is 14.8. The summed E-state index contributed by atoms with van der Waals surface area (Å²) in [6.45, 7) is 0.488. The Hall–Kier alpha value is -2.85. The maximum absolute atomic E-state index is 15.5. The second-order valence-electron chi connectivity index (χ2n) is 7.56. The molecule has 1 aliphatic carbocycles. The van der Waals surface area contributed by atoms with Gasteiger partial charge in [-0.2, -0.15) is 0 Å². The molecule has 2 fully saturated rings. The molecule has 2 aromatic rings. The molecule has 2 unspecified atom stereocenters. The van der Waals surface area contributed by atoms with Crippen LogP contribution in [0.3, 0.4) is 0 Å². The Morgan fingerprint density at radius 2 is 2.11 bits per heavy atom. The van der Waals surface area contributed by atoms with Crippen LogP contribution in [0.2, 0.25) is 0 Å². The monoisotopic (exact) mass is 390 g/mol. The topological polar surface area (TPSA) is 130 Å². The fourth-order valence-electron chi connectivity index (χ4n) is 4.36. The van der Waals surface area contributed by atoms with E-state index in [1.165, 1.54) is 6.20 Å². The van der Waals surface area contributed by atoms with Crippen LogP contribution in [0.4, 0.5) is 15.8 Å². The highest BCUT2D eigenvalue weighted by atomic mass is 19.1. The van der Waals surface area contributed by atoms with Gasteiger partial charge in [-0.15, -0.1) is 0 Å². The van der Waals surface area contributed by atoms with Gasteiger partial charge in [0.1, 0.15) is 23.5 Å². The predicted molar refractivity (Wildman–Crippen MR) is 98.5 cm³/mol. The van der Waals surface area contributed by atoms with Gasteiger partial charge in [0.15, 0.2) is 11.6 Å². The van der Waals surface area contributed by atoms with Crippen molar-refractivity contribution in [2.24, 2.45) is 5.84 Å². The quantitative estimate of drug-likeness (QED) is 0.447. The van der Waals surface area contributed by atoms with Crippen LogP contribution in [-0.4, -0.2) is 46.0 Å². The molecule has 0 radical (unpaired) electrons. The van der Waals surface area contributed by atoms with E-state index in [0.717, 1.165) is 12.8 Å². The van der Waals surface area contributed by atoms with E-state index in [0.29, 0.717) is 11.9 Å². The first-order chi connectivity index (χ1) is 13.4. The molecule has 28 heavy (non-hydrogen) atoms. The van der Waals surface area contributed by atoms with Crippen molar-refractivity contribution in [1.29, 1.82) is 0 Å². The standard InChI is InChI=1S/C18H19FN4O5/c19-12-13(21-20)11-14(17-15(12)22-4-9(24)3-8(22)6-28-17)23(7-1-2-7)5-10(16(11)25)18(26)27/h5,7-9,21,24H,1-4,6,20H2,(H,26,27). The molecule has 1 saturated carbocycles. The minimum atomic E-state index is -1.38. The molecule has 3 heterocycles. The second-order valence-corrected chi connectivity index (χ2v) is 7.56. The number of nitrogens with one attached hydrogen (secondary N) is 1. The van der Waals surface area contributed by atoms with Gasteiger partial charge in [-0.3, -0.25) is 10.6 Å². The molecule has 2 atom stereocenters. The molecule has 5 N–H and O–H groups in total. The van der Waals surface area contributed by atoms with Crippen LogP contribution >= 0.6 is 0 Å². The zero-order valence-corrected chi connectivity index (χ0v) is 14.8. The van der Waals surface area contributed by atoms with Crippen molar-refractivity contribution in [1.82, 2.24) is 4.57 Å². The minimum Gasteiger partial charge on any atom is -0.487 e. The maximum Gasteiger partial charge on any atom is 0.341 e. The largest absolute Gasteiger partial charge is 0.487 e. The number of carboxylic acid groups (broad SMARTS) is 1. The smallest absolute Gasteiger partial charge is 0.341 e. The summed E-state index contributed by atoms with van der Waals surface area (Å²) in [6.07, 6.45) is 2.79. The number of nitrogen functional groups attached to an aromatic ring is 1. The van der Waals surface area contributed by atoms with Crippen molar-refractivity contribution in [3.8, 4) is 5.75 Å². The van der Waals surface area contributed by atoms with Crippen molar-refractivity contribution in [3.05, 3.63) is 27.8 Å². The van der Waals surface area contributed by atoms with Crippen molar-refractivity contribution in [3.63, 3.8) is 0 Å². The number of ether oxygens (including phenoxy) is 1. The first-order valence-electron chi connectivity index (χ1n) is 9.14. The summed E-state index contributed by atoms with van der Waals surface area (Å²) in [7, 11) is 0. The first-order valence-corrected chi connectivity index (χ1v) is 9.14. The Morgan fingerprint density at radius 1 is 1.36 bits per heavy atom. The molecule has 2 aliphatic heterocycles. The average molecular weight is 390 g/mol. The van der Waals surface area contributed by atoms with Crippen molar-refractivity contribution >= 4 is 28.2 Å². The number of fused-ring (bicyclic) bond motifs is 5. The number of hydrogen-bond donors (Lipinski definition) is 4. The summed E-state index contributed by atoms with van der Waals surface area (Å²) in [5.41, 5.74) is 1.20. The van der Waals surface area contributed by atoms with E-state index in [1.807, 2.05) is 0 Å². The molecular formula is C18H19FN4O5. The van der Waals surface area contributed by atoms with Gasteiger partial charge in [-0.05, 0) is 19.3 Å². The third-order valence-corrected chi connectivity index (χ3v) is 5.76. The van der Waals surface area contributed by atoms with Gasteiger partial charge in [-0.25, -0.2) is 9.18 Å². The number of aliphatic hydroxyl groups excluding tert-OH is 1. The highest BCUT2D eigenvalue weighted by molar-refractivity contribution is 6.04. The number of rotatable bonds is 3. The molecule has 148 valence electrons. The SMILES string of the molecule is NNc1c(F)c2c(c3c1c(=O)c(C(=O)O)cn3C1CC1)OCC1CC(O)CN21. The summed E-state index contributed by atoms with van der Waals surface area (Å²) in [5.74, 6) is 3.58. The van der Waals surface area contributed by atoms with Gasteiger partial charge in [0, 0.05) is 18.8 Å². The van der Waals surface area contributed by atoms with Crippen LogP contribution in [-0.2, 0) is 0 Å². The van der Waals surface area contributed by atoms with E-state index in [2.05, 4.69) is 5.43 Å². The van der Waals surface area contributed by atoms with E-state index in [9.17, 15) is 19.8 Å². The Morgan fingerprint density at radius 3 is 2.75 bits per heavy atom. The molecule has 9 nitrogen and oxygen atoms in total. The van der Waals surface area contributed by atoms with Crippen LogP contribution in [0.5, 0.6) is 5.75 Å². The summed E-state index contributed by atoms with van der Waals surface area (Å²) in [4.78, 5) is 26.2. The third kappa shape index (κ3) is 2.24. The van der Waals surface area contributed by atoms with Crippen LogP contribution < -0.4 is 26.3 Å². The normalized spacial score (nSPS) is 23.3. The number of halogens is 1. The third-order valence-electron chi connectivity index (χ3n) is 5.76. The lowest BCUT2D eigenvalue weighted by Gasteiger charge is -2.35. The summed E-state index contributed by atoms with van der Waals surface area (Å²) in [6, 6.07) is -0.175. The highest BCUT2D eigenvalue weighted by Gasteiger charge is 2.42. The first kappa shape index (κ1) is 17.3. The fourth-order valence-corrected chi connectivity index (χ4v) is 4.36. The maximum atomic E-state index is 15.5. The summed E-state index contributed by atoms with van der Waals surface area (Å²) < 4.78 is 23.0. The Kier molecular flexibility index (Phi) is 3.59. The number of anilines is 2. The molecule has 1 aromatic heterocycles. The number of aromatic nitrogens is 1. The molecule has 5 rings (SSSR count). The van der Waals surface area contributed by atoms with E-state index < -0.39 is 28.9 Å². The van der Waals surface area contributed by atoms with E-state index in [-0.39, 0.29) is 47.7 Å². The van der Waals surface area contributed by atoms with Gasteiger partial charge < -0.3 is 29.8 Å². The lowest BCUT2D eigenvalue weighted by atomic mass is 10.0. The number of hydrazine groups is 1. The number of hydrogen-bond acceptors (Lipinski definition) is 7. The number of aliphatic hydroxyl groups is 1. The fraction of sp³-hybridized carbons (Fsp3) is 0.444. The van der Waals surface area contributed by atoms with Crippen LogP contribution in [0.15, 0.2) is 11.0 Å². The molecule has 10 heteroatoms. The Labute approximate surface area is 158 Å². The Balaban J connectivity index is 1.92. The van der Waals surface area contributed by atoms with E-state index in [4.69, 9.17) is 10.6 Å². The molecule has 0 bridgehead atoms. The molecular weight excluding hydrogens is 371 g/mol. The van der Waals surface area contributed by atoms with Crippen molar-refractivity contribution in [2.45, 2.75) is 37.5 Å². The average Bonchev–Trinajstić information content (AvgIpc) is 3.42. The second kappa shape index (κ2) is 5.82. The number of nitrogens with two attached hydrogens (primary N) is 1. The number of carboxylic acids is 1. The lowest BCUT2D eigenvalue weighted by Crippen LogP contribution is -2.39. The number of aromatic carboxylic acids is 1. The lowest BCUT2D eigenvalue weighted by molar-refractivity contribution is 0.0694. The van der Waals surface area contributed by atoms with Crippen molar-refractivity contribution in [2.75, 3.05) is 23.5 Å². The highest BCUT2D eigenvalue weighted by Crippen LogP contribution is 2.49. The van der Waals surface area contributed by atoms with Gasteiger partial charge in [-0.1, -0.05) is 0 Å². The van der Waals surface area contributed by atoms with Gasteiger partial charge >= 0.3 is 5.97 Å². The number of benzene rings is 1. The number of nitrogens with zero attached hydrogens (tertiary/aromatic N) is 2. The minimum absolute atomic E-state index is 0.00637. The zero-order chi connectivity index (χ0) is 19.7. The predicted octanol–water partition coefficient (Wildman–Crippen LogP) is 0.791. The molecule has 1 saturated heterocycles. The van der Waals surface area contributed by atoms with E-state index in [1.54, 1.807) is 9.47 Å². The van der Waals surface area contributed by atoms with Crippen LogP contribution in [0, 0.1) is 5.82 Å². The number of carbonyl (C=O) groups is 1. The molecule has 0 spiro atoms. The van der Waals surface area contributed by atoms with Crippen molar-refractivity contribution < 1.29 is 24.1 Å². The van der Waals surface area contributed by atoms with Gasteiger partial charge in [0.05, 0.1) is 23.0 Å².